The van der Waals surface area contributed by atoms with Crippen molar-refractivity contribution in [2.45, 2.75) is 11.8 Å². The van der Waals surface area contributed by atoms with Gasteiger partial charge in [-0.05, 0) is 18.6 Å². The Morgan fingerprint density at radius 3 is 2.67 bits per heavy atom. The first-order chi connectivity index (χ1) is 8.29. The van der Waals surface area contributed by atoms with E-state index in [2.05, 4.69) is 11.3 Å². The summed E-state index contributed by atoms with van der Waals surface area (Å²) in [5, 5.41) is 10.4. The van der Waals surface area contributed by atoms with E-state index in [0.717, 1.165) is 0 Å². The number of sulfonamides is 1. The van der Waals surface area contributed by atoms with Crippen LogP contribution in [0, 0.1) is 17.0 Å². The molecule has 0 aliphatic heterocycles. The predicted octanol–water partition coefficient (Wildman–Crippen LogP) is 2.02. The van der Waals surface area contributed by atoms with E-state index in [1.54, 1.807) is 6.92 Å². The highest BCUT2D eigenvalue weighted by Gasteiger charge is 2.25. The standard InChI is InChI=1S/C10H11ClN2O4S/c1-3-4-12-18(16,17)9-6-7(2)5-8(10(9)11)13(14)15/h3,5-6,12H,1,4H2,2H3. The van der Waals surface area contributed by atoms with Crippen LogP contribution in [0.15, 0.2) is 29.7 Å². The Labute approximate surface area is 109 Å². The molecular weight excluding hydrogens is 280 g/mol. The van der Waals surface area contributed by atoms with Crippen molar-refractivity contribution in [3.8, 4) is 0 Å². The molecule has 0 atom stereocenters. The van der Waals surface area contributed by atoms with E-state index in [4.69, 9.17) is 11.6 Å². The summed E-state index contributed by atoms with van der Waals surface area (Å²) in [7, 11) is -3.89. The lowest BCUT2D eigenvalue weighted by molar-refractivity contribution is -0.385. The van der Waals surface area contributed by atoms with Gasteiger partial charge in [0.1, 0.15) is 9.92 Å². The third-order valence-corrected chi connectivity index (χ3v) is 4.03. The maximum Gasteiger partial charge on any atom is 0.289 e. The number of rotatable bonds is 5. The van der Waals surface area contributed by atoms with Crippen LogP contribution in [0.3, 0.4) is 0 Å². The van der Waals surface area contributed by atoms with Crippen LogP contribution in [-0.4, -0.2) is 19.9 Å². The largest absolute Gasteiger partial charge is 0.289 e. The fourth-order valence-electron chi connectivity index (χ4n) is 1.29. The van der Waals surface area contributed by atoms with Gasteiger partial charge >= 0.3 is 0 Å². The van der Waals surface area contributed by atoms with Crippen LogP contribution in [0.25, 0.3) is 0 Å². The molecule has 18 heavy (non-hydrogen) atoms. The highest BCUT2D eigenvalue weighted by Crippen LogP contribution is 2.32. The zero-order valence-electron chi connectivity index (χ0n) is 9.51. The van der Waals surface area contributed by atoms with Gasteiger partial charge in [0.05, 0.1) is 4.92 Å². The molecule has 98 valence electrons. The van der Waals surface area contributed by atoms with Gasteiger partial charge < -0.3 is 0 Å². The van der Waals surface area contributed by atoms with Crippen molar-refractivity contribution in [2.24, 2.45) is 0 Å². The van der Waals surface area contributed by atoms with Gasteiger partial charge in [-0.1, -0.05) is 17.7 Å². The van der Waals surface area contributed by atoms with Crippen LogP contribution in [0.4, 0.5) is 5.69 Å². The molecule has 0 heterocycles. The third kappa shape index (κ3) is 3.06. The molecule has 0 unspecified atom stereocenters. The fourth-order valence-corrected chi connectivity index (χ4v) is 2.95. The first kappa shape index (κ1) is 14.6. The number of nitrogens with zero attached hydrogens (tertiary/aromatic N) is 1. The molecule has 1 aromatic rings. The van der Waals surface area contributed by atoms with Gasteiger partial charge in [-0.15, -0.1) is 6.58 Å². The van der Waals surface area contributed by atoms with Crippen molar-refractivity contribution >= 4 is 27.3 Å². The summed E-state index contributed by atoms with van der Waals surface area (Å²) in [5.74, 6) is 0. The second-order valence-electron chi connectivity index (χ2n) is 3.49. The average molecular weight is 291 g/mol. The van der Waals surface area contributed by atoms with Gasteiger partial charge in [-0.2, -0.15) is 0 Å². The lowest BCUT2D eigenvalue weighted by atomic mass is 10.2. The summed E-state index contributed by atoms with van der Waals surface area (Å²) in [4.78, 5) is 9.73. The van der Waals surface area contributed by atoms with Crippen molar-refractivity contribution in [2.75, 3.05) is 6.54 Å². The molecule has 0 amide bonds. The fraction of sp³-hybridized carbons (Fsp3) is 0.200. The second kappa shape index (κ2) is 5.47. The first-order valence-electron chi connectivity index (χ1n) is 4.84. The number of hydrogen-bond donors (Lipinski definition) is 1. The Morgan fingerprint density at radius 2 is 2.17 bits per heavy atom. The predicted molar refractivity (Wildman–Crippen MR) is 68.2 cm³/mol. The number of halogens is 1. The molecule has 0 spiro atoms. The highest BCUT2D eigenvalue weighted by atomic mass is 35.5. The molecule has 0 saturated carbocycles. The summed E-state index contributed by atoms with van der Waals surface area (Å²) in [6.07, 6.45) is 1.36. The van der Waals surface area contributed by atoms with Crippen LogP contribution in [0.5, 0.6) is 0 Å². The topological polar surface area (TPSA) is 89.3 Å². The molecular formula is C10H11ClN2O4S. The smallest absolute Gasteiger partial charge is 0.258 e. The Hall–Kier alpha value is -1.44. The Balaban J connectivity index is 3.41. The first-order valence-corrected chi connectivity index (χ1v) is 6.71. The summed E-state index contributed by atoms with van der Waals surface area (Å²) in [6, 6.07) is 2.50. The molecule has 0 fully saturated rings. The van der Waals surface area contributed by atoms with Crippen molar-refractivity contribution in [1.82, 2.24) is 4.72 Å². The Kier molecular flexibility index (Phi) is 4.44. The Bertz CT molecular complexity index is 598. The average Bonchev–Trinajstić information content (AvgIpc) is 2.28. The number of aryl methyl sites for hydroxylation is 1. The zero-order valence-corrected chi connectivity index (χ0v) is 11.1. The summed E-state index contributed by atoms with van der Waals surface area (Å²) >= 11 is 5.75. The third-order valence-electron chi connectivity index (χ3n) is 2.07. The number of benzene rings is 1. The maximum atomic E-state index is 11.9. The van der Waals surface area contributed by atoms with Gasteiger partial charge in [0.2, 0.25) is 10.0 Å². The van der Waals surface area contributed by atoms with Gasteiger partial charge in [-0.3, -0.25) is 10.1 Å². The van der Waals surface area contributed by atoms with Crippen molar-refractivity contribution in [1.29, 1.82) is 0 Å². The van der Waals surface area contributed by atoms with Crippen molar-refractivity contribution in [3.05, 3.63) is 45.5 Å². The SMILES string of the molecule is C=CCNS(=O)(=O)c1cc(C)cc([N+](=O)[O-])c1Cl. The van der Waals surface area contributed by atoms with Crippen LogP contribution in [-0.2, 0) is 10.0 Å². The number of hydrogen-bond acceptors (Lipinski definition) is 4. The van der Waals surface area contributed by atoms with Crippen LogP contribution in [0.2, 0.25) is 5.02 Å². The second-order valence-corrected chi connectivity index (χ2v) is 5.61. The van der Waals surface area contributed by atoms with Crippen LogP contribution >= 0.6 is 11.6 Å². The molecule has 1 N–H and O–H groups in total. The van der Waals surface area contributed by atoms with E-state index in [9.17, 15) is 18.5 Å². The lowest BCUT2D eigenvalue weighted by Gasteiger charge is -2.08. The van der Waals surface area contributed by atoms with E-state index in [0.29, 0.717) is 5.56 Å². The lowest BCUT2D eigenvalue weighted by Crippen LogP contribution is -2.24. The molecule has 0 saturated heterocycles. The molecule has 0 bridgehead atoms. The molecule has 0 aliphatic rings. The van der Waals surface area contributed by atoms with E-state index >= 15 is 0 Å². The van der Waals surface area contributed by atoms with E-state index in [-0.39, 0.29) is 11.4 Å². The molecule has 8 heteroatoms. The molecule has 0 aromatic heterocycles. The quantitative estimate of drug-likeness (QED) is 0.510. The van der Waals surface area contributed by atoms with Gasteiger partial charge in [-0.25, -0.2) is 13.1 Å². The molecule has 1 rings (SSSR count). The zero-order chi connectivity index (χ0) is 13.9. The molecule has 1 aromatic carbocycles. The monoisotopic (exact) mass is 290 g/mol. The normalized spacial score (nSPS) is 11.2. The van der Waals surface area contributed by atoms with Gasteiger partial charge in [0.15, 0.2) is 0 Å². The van der Waals surface area contributed by atoms with Crippen LogP contribution in [0.1, 0.15) is 5.56 Å². The van der Waals surface area contributed by atoms with Gasteiger partial charge in [0, 0.05) is 12.6 Å². The summed E-state index contributed by atoms with van der Waals surface area (Å²) in [5.41, 5.74) is 0.000669. The minimum Gasteiger partial charge on any atom is -0.258 e. The maximum absolute atomic E-state index is 11.9. The molecule has 6 nitrogen and oxygen atoms in total. The number of nitro groups is 1. The molecule has 0 radical (unpaired) electrons. The Morgan fingerprint density at radius 1 is 1.56 bits per heavy atom. The van der Waals surface area contributed by atoms with E-state index in [1.165, 1.54) is 18.2 Å². The highest BCUT2D eigenvalue weighted by molar-refractivity contribution is 7.89. The minimum absolute atomic E-state index is 0.0143. The van der Waals surface area contributed by atoms with Crippen LogP contribution < -0.4 is 4.72 Å². The minimum atomic E-state index is -3.89. The molecule has 0 aliphatic carbocycles. The summed E-state index contributed by atoms with van der Waals surface area (Å²) in [6.45, 7) is 4.94. The van der Waals surface area contributed by atoms with Crippen molar-refractivity contribution < 1.29 is 13.3 Å². The van der Waals surface area contributed by atoms with Crippen molar-refractivity contribution in [3.63, 3.8) is 0 Å². The summed E-state index contributed by atoms with van der Waals surface area (Å²) < 4.78 is 26.0. The van der Waals surface area contributed by atoms with Gasteiger partial charge in [0.25, 0.3) is 5.69 Å². The number of nitro benzene ring substituents is 1. The van der Waals surface area contributed by atoms with E-state index < -0.39 is 25.7 Å². The van der Waals surface area contributed by atoms with E-state index in [1.807, 2.05) is 0 Å². The number of nitrogens with one attached hydrogen (secondary N) is 1.